The van der Waals surface area contributed by atoms with Crippen LogP contribution in [0.2, 0.25) is 0 Å². The molecule has 1 atom stereocenters. The summed E-state index contributed by atoms with van der Waals surface area (Å²) in [7, 11) is 2.21. The minimum absolute atomic E-state index is 0.611. The predicted octanol–water partition coefficient (Wildman–Crippen LogP) is 0.114. The van der Waals surface area contributed by atoms with Crippen molar-refractivity contribution >= 4 is 0 Å². The zero-order valence-corrected chi connectivity index (χ0v) is 8.58. The molecular formula is C10H21N3. The van der Waals surface area contributed by atoms with Gasteiger partial charge in [0.1, 0.15) is 0 Å². The molecule has 0 bridgehead atoms. The fourth-order valence-electron chi connectivity index (χ4n) is 2.36. The van der Waals surface area contributed by atoms with Crippen molar-refractivity contribution in [1.29, 1.82) is 0 Å². The van der Waals surface area contributed by atoms with Crippen LogP contribution in [0.25, 0.3) is 0 Å². The summed E-state index contributed by atoms with van der Waals surface area (Å²) < 4.78 is 0. The van der Waals surface area contributed by atoms with E-state index in [2.05, 4.69) is 16.8 Å². The highest BCUT2D eigenvalue weighted by Crippen LogP contribution is 2.29. The molecule has 0 spiro atoms. The monoisotopic (exact) mass is 183 g/mol. The Kier molecular flexibility index (Phi) is 2.86. The summed E-state index contributed by atoms with van der Waals surface area (Å²) in [5.41, 5.74) is 5.82. The summed E-state index contributed by atoms with van der Waals surface area (Å²) in [6.45, 7) is 4.48. The van der Waals surface area contributed by atoms with Gasteiger partial charge >= 0.3 is 0 Å². The number of nitrogens with zero attached hydrogens (tertiary/aromatic N) is 2. The average Bonchev–Trinajstić information content (AvgIpc) is 2.89. The van der Waals surface area contributed by atoms with Crippen molar-refractivity contribution in [1.82, 2.24) is 9.80 Å². The lowest BCUT2D eigenvalue weighted by Gasteiger charge is -2.29. The largest absolute Gasteiger partial charge is 0.329 e. The van der Waals surface area contributed by atoms with Gasteiger partial charge in [0.05, 0.1) is 0 Å². The van der Waals surface area contributed by atoms with Crippen LogP contribution in [0.4, 0.5) is 0 Å². The lowest BCUT2D eigenvalue weighted by atomic mass is 10.2. The van der Waals surface area contributed by atoms with Gasteiger partial charge in [-0.25, -0.2) is 0 Å². The van der Waals surface area contributed by atoms with Crippen LogP contribution in [0, 0.1) is 0 Å². The molecule has 1 aliphatic carbocycles. The highest BCUT2D eigenvalue weighted by atomic mass is 15.3. The molecule has 2 fully saturated rings. The van der Waals surface area contributed by atoms with Crippen LogP contribution < -0.4 is 5.73 Å². The SMILES string of the molecule is CN1CCCN(C2CC2)C(CN)C1. The van der Waals surface area contributed by atoms with E-state index in [1.54, 1.807) is 0 Å². The van der Waals surface area contributed by atoms with Gasteiger partial charge in [-0.2, -0.15) is 0 Å². The minimum Gasteiger partial charge on any atom is -0.329 e. The number of nitrogens with two attached hydrogens (primary N) is 1. The molecule has 0 aromatic heterocycles. The van der Waals surface area contributed by atoms with Gasteiger partial charge in [0, 0.05) is 31.7 Å². The maximum Gasteiger partial charge on any atom is 0.0348 e. The van der Waals surface area contributed by atoms with E-state index >= 15 is 0 Å². The van der Waals surface area contributed by atoms with Crippen LogP contribution in [0.15, 0.2) is 0 Å². The molecule has 3 heteroatoms. The summed E-state index contributed by atoms with van der Waals surface area (Å²) in [6.07, 6.45) is 4.12. The zero-order valence-electron chi connectivity index (χ0n) is 8.58. The second-order valence-corrected chi connectivity index (χ2v) is 4.47. The second-order valence-electron chi connectivity index (χ2n) is 4.47. The standard InChI is InChI=1S/C10H21N3/c1-12-5-2-6-13(9-3-4-9)10(7-11)8-12/h9-10H,2-8,11H2,1H3. The molecule has 1 unspecified atom stereocenters. The Morgan fingerprint density at radius 2 is 2.08 bits per heavy atom. The van der Waals surface area contributed by atoms with Gasteiger partial charge < -0.3 is 10.6 Å². The third-order valence-electron chi connectivity index (χ3n) is 3.24. The molecule has 0 radical (unpaired) electrons. The van der Waals surface area contributed by atoms with Gasteiger partial charge in [-0.15, -0.1) is 0 Å². The molecule has 13 heavy (non-hydrogen) atoms. The van der Waals surface area contributed by atoms with Gasteiger partial charge in [-0.1, -0.05) is 0 Å². The quantitative estimate of drug-likeness (QED) is 0.660. The number of likely N-dealkylation sites (N-methyl/N-ethyl adjacent to an activating group) is 1. The van der Waals surface area contributed by atoms with E-state index in [4.69, 9.17) is 5.73 Å². The van der Waals surface area contributed by atoms with E-state index < -0.39 is 0 Å². The van der Waals surface area contributed by atoms with E-state index in [0.29, 0.717) is 6.04 Å². The lowest BCUT2D eigenvalue weighted by Crippen LogP contribution is -2.46. The van der Waals surface area contributed by atoms with Crippen LogP contribution >= 0.6 is 0 Å². The van der Waals surface area contributed by atoms with Crippen LogP contribution in [0.5, 0.6) is 0 Å². The van der Waals surface area contributed by atoms with Crippen molar-refractivity contribution in [2.75, 3.05) is 33.2 Å². The normalized spacial score (nSPS) is 33.2. The highest BCUT2D eigenvalue weighted by molar-refractivity contribution is 4.91. The Morgan fingerprint density at radius 3 is 2.69 bits per heavy atom. The first-order chi connectivity index (χ1) is 6.31. The highest BCUT2D eigenvalue weighted by Gasteiger charge is 2.34. The molecule has 76 valence electrons. The lowest BCUT2D eigenvalue weighted by molar-refractivity contribution is 0.184. The molecule has 2 N–H and O–H groups in total. The first-order valence-electron chi connectivity index (χ1n) is 5.45. The van der Waals surface area contributed by atoms with E-state index in [1.165, 1.54) is 32.4 Å². The fourth-order valence-corrected chi connectivity index (χ4v) is 2.36. The Labute approximate surface area is 80.9 Å². The Morgan fingerprint density at radius 1 is 1.31 bits per heavy atom. The Balaban J connectivity index is 1.97. The third kappa shape index (κ3) is 2.22. The molecule has 1 saturated carbocycles. The van der Waals surface area contributed by atoms with Gasteiger partial charge in [-0.05, 0) is 32.9 Å². The molecule has 1 aliphatic heterocycles. The Bertz CT molecular complexity index is 168. The number of hydrogen-bond acceptors (Lipinski definition) is 3. The van der Waals surface area contributed by atoms with Crippen LogP contribution in [0.1, 0.15) is 19.3 Å². The smallest absolute Gasteiger partial charge is 0.0348 e. The zero-order chi connectivity index (χ0) is 9.26. The van der Waals surface area contributed by atoms with Crippen molar-refractivity contribution in [3.05, 3.63) is 0 Å². The van der Waals surface area contributed by atoms with Crippen molar-refractivity contribution in [3.8, 4) is 0 Å². The van der Waals surface area contributed by atoms with Crippen molar-refractivity contribution in [2.24, 2.45) is 5.73 Å². The molecule has 2 aliphatic rings. The van der Waals surface area contributed by atoms with Gasteiger partial charge in [0.2, 0.25) is 0 Å². The first kappa shape index (κ1) is 9.44. The number of hydrogen-bond donors (Lipinski definition) is 1. The molecule has 1 saturated heterocycles. The van der Waals surface area contributed by atoms with E-state index in [0.717, 1.165) is 19.1 Å². The molecular weight excluding hydrogens is 162 g/mol. The summed E-state index contributed by atoms with van der Waals surface area (Å²) >= 11 is 0. The molecule has 2 rings (SSSR count). The van der Waals surface area contributed by atoms with E-state index in [1.807, 2.05) is 0 Å². The van der Waals surface area contributed by atoms with Gasteiger partial charge in [-0.3, -0.25) is 4.90 Å². The van der Waals surface area contributed by atoms with Crippen LogP contribution in [-0.4, -0.2) is 55.1 Å². The van der Waals surface area contributed by atoms with Gasteiger partial charge in [0.25, 0.3) is 0 Å². The molecule has 0 amide bonds. The summed E-state index contributed by atoms with van der Waals surface area (Å²) in [6, 6.07) is 1.49. The van der Waals surface area contributed by atoms with Crippen molar-refractivity contribution < 1.29 is 0 Å². The molecule has 1 heterocycles. The molecule has 0 aromatic rings. The third-order valence-corrected chi connectivity index (χ3v) is 3.24. The van der Waals surface area contributed by atoms with Crippen molar-refractivity contribution in [3.63, 3.8) is 0 Å². The second kappa shape index (κ2) is 3.95. The summed E-state index contributed by atoms with van der Waals surface area (Å²) in [5.74, 6) is 0. The predicted molar refractivity (Wildman–Crippen MR) is 54.7 cm³/mol. The first-order valence-corrected chi connectivity index (χ1v) is 5.45. The Hall–Kier alpha value is -0.120. The minimum atomic E-state index is 0.611. The summed E-state index contributed by atoms with van der Waals surface area (Å²) in [4.78, 5) is 5.06. The maximum atomic E-state index is 5.82. The van der Waals surface area contributed by atoms with E-state index in [-0.39, 0.29) is 0 Å². The maximum absolute atomic E-state index is 5.82. The van der Waals surface area contributed by atoms with Crippen LogP contribution in [0.3, 0.4) is 0 Å². The molecule has 0 aromatic carbocycles. The average molecular weight is 183 g/mol. The van der Waals surface area contributed by atoms with E-state index in [9.17, 15) is 0 Å². The molecule has 3 nitrogen and oxygen atoms in total. The summed E-state index contributed by atoms with van der Waals surface area (Å²) in [5, 5.41) is 0. The van der Waals surface area contributed by atoms with Gasteiger partial charge in [0.15, 0.2) is 0 Å². The fraction of sp³-hybridized carbons (Fsp3) is 1.00. The van der Waals surface area contributed by atoms with Crippen LogP contribution in [-0.2, 0) is 0 Å². The topological polar surface area (TPSA) is 32.5 Å². The van der Waals surface area contributed by atoms with Crippen molar-refractivity contribution in [2.45, 2.75) is 31.3 Å². The number of rotatable bonds is 2.